The van der Waals surface area contributed by atoms with E-state index >= 15 is 0 Å². The fraction of sp³-hybridized carbons (Fsp3) is 0.143. The van der Waals surface area contributed by atoms with Gasteiger partial charge in [-0.25, -0.2) is 9.37 Å². The van der Waals surface area contributed by atoms with Gasteiger partial charge in [0.1, 0.15) is 11.6 Å². The van der Waals surface area contributed by atoms with Gasteiger partial charge in [0.25, 0.3) is 5.91 Å². The maximum absolute atomic E-state index is 13.6. The third-order valence-electron chi connectivity index (χ3n) is 2.75. The Balaban J connectivity index is 2.31. The van der Waals surface area contributed by atoms with Crippen molar-refractivity contribution in [3.8, 4) is 0 Å². The highest BCUT2D eigenvalue weighted by atomic mass is 19.1. The summed E-state index contributed by atoms with van der Waals surface area (Å²) in [6.07, 6.45) is 1.59. The number of halogens is 1. The Labute approximate surface area is 110 Å². The molecule has 0 saturated carbocycles. The van der Waals surface area contributed by atoms with Gasteiger partial charge >= 0.3 is 0 Å². The summed E-state index contributed by atoms with van der Waals surface area (Å²) >= 11 is 0. The van der Waals surface area contributed by atoms with Crippen molar-refractivity contribution in [3.05, 3.63) is 53.5 Å². The summed E-state index contributed by atoms with van der Waals surface area (Å²) < 4.78 is 13.6. The van der Waals surface area contributed by atoms with Crippen molar-refractivity contribution in [3.63, 3.8) is 0 Å². The number of anilines is 2. The summed E-state index contributed by atoms with van der Waals surface area (Å²) in [7, 11) is 1.57. The molecule has 1 aromatic carbocycles. The predicted molar refractivity (Wildman–Crippen MR) is 72.9 cm³/mol. The van der Waals surface area contributed by atoms with Crippen molar-refractivity contribution in [1.29, 1.82) is 0 Å². The standard InChI is InChI=1S/C14H14FN3O/c1-9-5-4-8-17-13(9)18-14(19)10-6-3-7-11(15)12(10)16-2/h3-8,16H,1-2H3,(H,17,18,19). The molecule has 0 bridgehead atoms. The van der Waals surface area contributed by atoms with Crippen LogP contribution in [0.15, 0.2) is 36.5 Å². The molecule has 0 atom stereocenters. The van der Waals surface area contributed by atoms with Crippen LogP contribution in [0.1, 0.15) is 15.9 Å². The summed E-state index contributed by atoms with van der Waals surface area (Å²) in [6.45, 7) is 1.84. The number of hydrogen-bond acceptors (Lipinski definition) is 3. The van der Waals surface area contributed by atoms with E-state index in [1.165, 1.54) is 12.1 Å². The maximum Gasteiger partial charge on any atom is 0.259 e. The molecular weight excluding hydrogens is 245 g/mol. The van der Waals surface area contributed by atoms with Crippen LogP contribution in [0.25, 0.3) is 0 Å². The van der Waals surface area contributed by atoms with Gasteiger partial charge in [-0.2, -0.15) is 0 Å². The van der Waals surface area contributed by atoms with Crippen LogP contribution in [0.5, 0.6) is 0 Å². The van der Waals surface area contributed by atoms with E-state index < -0.39 is 11.7 Å². The van der Waals surface area contributed by atoms with Crippen molar-refractivity contribution in [1.82, 2.24) is 4.98 Å². The molecule has 0 aliphatic heterocycles. The van der Waals surface area contributed by atoms with Gasteiger partial charge in [0.15, 0.2) is 0 Å². The van der Waals surface area contributed by atoms with Crippen molar-refractivity contribution in [2.24, 2.45) is 0 Å². The number of aromatic nitrogens is 1. The van der Waals surface area contributed by atoms with Gasteiger partial charge < -0.3 is 10.6 Å². The van der Waals surface area contributed by atoms with E-state index in [9.17, 15) is 9.18 Å². The third-order valence-corrected chi connectivity index (χ3v) is 2.75. The van der Waals surface area contributed by atoms with Gasteiger partial charge in [0, 0.05) is 13.2 Å². The largest absolute Gasteiger partial charge is 0.385 e. The molecule has 0 fully saturated rings. The van der Waals surface area contributed by atoms with Crippen molar-refractivity contribution < 1.29 is 9.18 Å². The Morgan fingerprint density at radius 3 is 2.74 bits per heavy atom. The Morgan fingerprint density at radius 1 is 1.26 bits per heavy atom. The molecule has 0 radical (unpaired) electrons. The normalized spacial score (nSPS) is 10.1. The number of hydrogen-bond donors (Lipinski definition) is 2. The number of nitrogens with zero attached hydrogens (tertiary/aromatic N) is 1. The maximum atomic E-state index is 13.6. The first kappa shape index (κ1) is 13.0. The Hall–Kier alpha value is -2.43. The zero-order valence-electron chi connectivity index (χ0n) is 10.7. The number of amides is 1. The summed E-state index contributed by atoms with van der Waals surface area (Å²) in [5.74, 6) is -0.391. The number of nitrogens with one attached hydrogen (secondary N) is 2. The van der Waals surface area contributed by atoms with Gasteiger partial charge in [-0.1, -0.05) is 12.1 Å². The van der Waals surface area contributed by atoms with Crippen molar-refractivity contribution >= 4 is 17.4 Å². The fourth-order valence-corrected chi connectivity index (χ4v) is 1.76. The van der Waals surface area contributed by atoms with E-state index in [4.69, 9.17) is 0 Å². The summed E-state index contributed by atoms with van der Waals surface area (Å²) in [4.78, 5) is 16.2. The molecule has 1 aromatic heterocycles. The number of carbonyl (C=O) groups excluding carboxylic acids is 1. The summed E-state index contributed by atoms with van der Waals surface area (Å²) in [5, 5.41) is 5.36. The van der Waals surface area contributed by atoms with E-state index in [-0.39, 0.29) is 11.3 Å². The van der Waals surface area contributed by atoms with Crippen LogP contribution < -0.4 is 10.6 Å². The first-order chi connectivity index (χ1) is 9.13. The lowest BCUT2D eigenvalue weighted by Gasteiger charge is -2.11. The minimum absolute atomic E-state index is 0.175. The van der Waals surface area contributed by atoms with Crippen LogP contribution in [0.4, 0.5) is 15.9 Å². The second-order valence-corrected chi connectivity index (χ2v) is 4.04. The van der Waals surface area contributed by atoms with E-state index in [2.05, 4.69) is 15.6 Å². The summed E-state index contributed by atoms with van der Waals surface area (Å²) in [5.41, 5.74) is 1.26. The molecule has 1 amide bonds. The van der Waals surface area contributed by atoms with Crippen LogP contribution in [-0.2, 0) is 0 Å². The van der Waals surface area contributed by atoms with E-state index in [0.29, 0.717) is 5.82 Å². The smallest absolute Gasteiger partial charge is 0.259 e. The molecule has 98 valence electrons. The number of aryl methyl sites for hydroxylation is 1. The van der Waals surface area contributed by atoms with Gasteiger partial charge in [-0.05, 0) is 30.7 Å². The number of rotatable bonds is 3. The van der Waals surface area contributed by atoms with Crippen molar-refractivity contribution in [2.45, 2.75) is 6.92 Å². The minimum Gasteiger partial charge on any atom is -0.385 e. The second-order valence-electron chi connectivity index (χ2n) is 4.04. The molecule has 2 rings (SSSR count). The van der Waals surface area contributed by atoms with Crippen LogP contribution in [0.3, 0.4) is 0 Å². The fourth-order valence-electron chi connectivity index (χ4n) is 1.76. The number of pyridine rings is 1. The Morgan fingerprint density at radius 2 is 2.05 bits per heavy atom. The molecule has 2 aromatic rings. The monoisotopic (exact) mass is 259 g/mol. The Kier molecular flexibility index (Phi) is 3.75. The van der Waals surface area contributed by atoms with Crippen LogP contribution in [0.2, 0.25) is 0 Å². The first-order valence-corrected chi connectivity index (χ1v) is 5.82. The summed E-state index contributed by atoms with van der Waals surface area (Å²) in [6, 6.07) is 7.98. The molecule has 2 N–H and O–H groups in total. The topological polar surface area (TPSA) is 54.0 Å². The van der Waals surface area contributed by atoms with Gasteiger partial charge in [0.05, 0.1) is 11.3 Å². The lowest BCUT2D eigenvalue weighted by atomic mass is 10.1. The van der Waals surface area contributed by atoms with E-state index in [0.717, 1.165) is 5.56 Å². The number of benzene rings is 1. The molecule has 0 spiro atoms. The highest BCUT2D eigenvalue weighted by molar-refractivity contribution is 6.07. The van der Waals surface area contributed by atoms with E-state index in [1.807, 2.05) is 13.0 Å². The third kappa shape index (κ3) is 2.70. The molecule has 0 saturated heterocycles. The van der Waals surface area contributed by atoms with Gasteiger partial charge in [-0.3, -0.25) is 4.79 Å². The average Bonchev–Trinajstić information content (AvgIpc) is 2.41. The Bertz CT molecular complexity index is 613. The molecule has 0 unspecified atom stereocenters. The molecule has 1 heterocycles. The minimum atomic E-state index is -0.465. The SMILES string of the molecule is CNc1c(F)cccc1C(=O)Nc1ncccc1C. The molecular formula is C14H14FN3O. The average molecular weight is 259 g/mol. The van der Waals surface area contributed by atoms with E-state index in [1.54, 1.807) is 25.4 Å². The van der Waals surface area contributed by atoms with Crippen LogP contribution in [-0.4, -0.2) is 17.9 Å². The van der Waals surface area contributed by atoms with Crippen LogP contribution >= 0.6 is 0 Å². The van der Waals surface area contributed by atoms with Crippen LogP contribution in [0, 0.1) is 12.7 Å². The number of para-hydroxylation sites is 1. The molecule has 0 aliphatic rings. The zero-order valence-corrected chi connectivity index (χ0v) is 10.7. The highest BCUT2D eigenvalue weighted by Crippen LogP contribution is 2.20. The zero-order chi connectivity index (χ0) is 13.8. The molecule has 0 aliphatic carbocycles. The second kappa shape index (κ2) is 5.48. The number of carbonyl (C=O) groups is 1. The lowest BCUT2D eigenvalue weighted by Crippen LogP contribution is -2.16. The predicted octanol–water partition coefficient (Wildman–Crippen LogP) is 2.82. The highest BCUT2D eigenvalue weighted by Gasteiger charge is 2.15. The molecule has 19 heavy (non-hydrogen) atoms. The molecule has 4 nitrogen and oxygen atoms in total. The first-order valence-electron chi connectivity index (χ1n) is 5.82. The van der Waals surface area contributed by atoms with Gasteiger partial charge in [-0.15, -0.1) is 0 Å². The van der Waals surface area contributed by atoms with Crippen molar-refractivity contribution in [2.75, 3.05) is 17.7 Å². The quantitative estimate of drug-likeness (QED) is 0.891. The molecule has 5 heteroatoms. The van der Waals surface area contributed by atoms with Gasteiger partial charge in [0.2, 0.25) is 0 Å². The lowest BCUT2D eigenvalue weighted by molar-refractivity contribution is 0.102.